The summed E-state index contributed by atoms with van der Waals surface area (Å²) in [5.41, 5.74) is 0.476. The largest absolute Gasteiger partial charge is 0.478 e. The van der Waals surface area contributed by atoms with Crippen LogP contribution in [0.4, 0.5) is 10.5 Å². The van der Waals surface area contributed by atoms with Crippen LogP contribution in [0.1, 0.15) is 30.5 Å². The fraction of sp³-hybridized carbons (Fsp3) is 0.304. The van der Waals surface area contributed by atoms with Gasteiger partial charge in [-0.05, 0) is 37.5 Å². The Morgan fingerprint density at radius 3 is 2.53 bits per heavy atom. The van der Waals surface area contributed by atoms with E-state index in [2.05, 4.69) is 5.32 Å². The monoisotopic (exact) mass is 536 g/mol. The van der Waals surface area contributed by atoms with Crippen molar-refractivity contribution in [2.75, 3.05) is 20.1 Å². The van der Waals surface area contributed by atoms with Gasteiger partial charge in [-0.2, -0.15) is 0 Å². The molecule has 1 unspecified atom stereocenters. The lowest BCUT2D eigenvalue weighted by Gasteiger charge is -2.37. The van der Waals surface area contributed by atoms with Gasteiger partial charge in [0, 0.05) is 38.0 Å². The number of allylic oxidation sites excluding steroid dienone is 1. The number of carbonyl (C=O) groups excluding carboxylic acids is 1. The molecule has 2 aromatic carbocycles. The number of nitrogens with one attached hydrogen (secondary N) is 1. The summed E-state index contributed by atoms with van der Waals surface area (Å²) in [5, 5.41) is 23.7. The summed E-state index contributed by atoms with van der Waals surface area (Å²) in [6.07, 6.45) is 0.157. The number of aryl methyl sites for hydroxylation is 1. The fourth-order valence-corrected chi connectivity index (χ4v) is 6.11. The molecular formula is C23H25ClN4O7S. The normalized spacial score (nSPS) is 16.3. The summed E-state index contributed by atoms with van der Waals surface area (Å²) in [6.45, 7) is 3.06. The Morgan fingerprint density at radius 1 is 1.25 bits per heavy atom. The van der Waals surface area contributed by atoms with Crippen LogP contribution in [-0.2, 0) is 14.8 Å². The van der Waals surface area contributed by atoms with Crippen molar-refractivity contribution in [3.63, 3.8) is 0 Å². The van der Waals surface area contributed by atoms with Gasteiger partial charge in [-0.15, -0.1) is 0 Å². The number of carbonyl (C=O) groups is 2. The lowest BCUT2D eigenvalue weighted by atomic mass is 9.93. The summed E-state index contributed by atoms with van der Waals surface area (Å²) in [6, 6.07) is 8.48. The van der Waals surface area contributed by atoms with Gasteiger partial charge in [0.05, 0.1) is 21.6 Å². The van der Waals surface area contributed by atoms with E-state index in [0.717, 1.165) is 4.31 Å². The number of hydrogen-bond donors (Lipinski definition) is 2. The predicted molar refractivity (Wildman–Crippen MR) is 132 cm³/mol. The van der Waals surface area contributed by atoms with E-state index < -0.39 is 33.0 Å². The molecule has 0 bridgehead atoms. The minimum atomic E-state index is -3.93. The third-order valence-electron chi connectivity index (χ3n) is 5.88. The molecule has 13 heteroatoms. The van der Waals surface area contributed by atoms with Crippen LogP contribution in [0.5, 0.6) is 0 Å². The van der Waals surface area contributed by atoms with E-state index in [1.54, 1.807) is 19.1 Å². The summed E-state index contributed by atoms with van der Waals surface area (Å²) >= 11 is 6.14. The van der Waals surface area contributed by atoms with Crippen LogP contribution in [0.25, 0.3) is 0 Å². The smallest absolute Gasteiger partial charge is 0.335 e. The zero-order chi connectivity index (χ0) is 26.8. The van der Waals surface area contributed by atoms with Gasteiger partial charge in [-0.3, -0.25) is 10.1 Å². The third kappa shape index (κ3) is 5.35. The van der Waals surface area contributed by atoms with E-state index in [1.807, 2.05) is 0 Å². The second kappa shape index (κ2) is 10.6. The lowest BCUT2D eigenvalue weighted by Crippen LogP contribution is -2.49. The van der Waals surface area contributed by atoms with Crippen molar-refractivity contribution in [3.05, 3.63) is 80.0 Å². The van der Waals surface area contributed by atoms with Gasteiger partial charge in [0.15, 0.2) is 0 Å². The van der Waals surface area contributed by atoms with Crippen molar-refractivity contribution in [2.45, 2.75) is 31.2 Å². The molecule has 0 spiro atoms. The molecule has 0 saturated heterocycles. The van der Waals surface area contributed by atoms with Crippen LogP contribution in [0.15, 0.2) is 58.6 Å². The molecule has 3 rings (SSSR count). The number of halogens is 1. The van der Waals surface area contributed by atoms with Gasteiger partial charge in [0.25, 0.3) is 5.69 Å². The summed E-state index contributed by atoms with van der Waals surface area (Å²) in [4.78, 5) is 36.8. The Balaban J connectivity index is 1.88. The lowest BCUT2D eigenvalue weighted by molar-refractivity contribution is -0.384. The highest BCUT2D eigenvalue weighted by atomic mass is 35.5. The molecule has 192 valence electrons. The first-order chi connectivity index (χ1) is 16.9. The molecule has 11 nitrogen and oxygen atoms in total. The Kier molecular flexibility index (Phi) is 8.02. The molecule has 0 aromatic heterocycles. The molecule has 0 saturated carbocycles. The zero-order valence-electron chi connectivity index (χ0n) is 19.8. The number of benzene rings is 2. The number of nitro benzene ring substituents is 1. The molecule has 1 atom stereocenters. The highest BCUT2D eigenvalue weighted by molar-refractivity contribution is 7.89. The van der Waals surface area contributed by atoms with E-state index in [-0.39, 0.29) is 51.9 Å². The number of carboxylic acid groups (broad SMARTS) is 1. The minimum Gasteiger partial charge on any atom is -0.478 e. The minimum absolute atomic E-state index is 0.00351. The first-order valence-electron chi connectivity index (χ1n) is 10.8. The number of non-ortho nitro benzene ring substituents is 1. The molecule has 2 aromatic rings. The van der Waals surface area contributed by atoms with E-state index in [9.17, 15) is 33.2 Å². The van der Waals surface area contributed by atoms with Crippen LogP contribution in [-0.4, -0.2) is 59.8 Å². The number of urea groups is 1. The van der Waals surface area contributed by atoms with Crippen molar-refractivity contribution in [1.82, 2.24) is 14.5 Å². The van der Waals surface area contributed by atoms with Crippen LogP contribution in [0, 0.1) is 17.0 Å². The molecular weight excluding hydrogens is 512 g/mol. The molecule has 2 N–H and O–H groups in total. The Labute approximate surface area is 213 Å². The van der Waals surface area contributed by atoms with Gasteiger partial charge in [-0.1, -0.05) is 35.9 Å². The molecule has 1 heterocycles. The van der Waals surface area contributed by atoms with Crippen LogP contribution < -0.4 is 5.32 Å². The van der Waals surface area contributed by atoms with Gasteiger partial charge >= 0.3 is 12.0 Å². The topological polar surface area (TPSA) is 150 Å². The Morgan fingerprint density at radius 2 is 1.92 bits per heavy atom. The molecule has 1 aliphatic rings. The van der Waals surface area contributed by atoms with Crippen molar-refractivity contribution < 1.29 is 28.0 Å². The molecule has 0 aliphatic carbocycles. The first-order valence-corrected chi connectivity index (χ1v) is 12.7. The summed E-state index contributed by atoms with van der Waals surface area (Å²) in [7, 11) is -2.54. The number of rotatable bonds is 9. The Hall–Kier alpha value is -3.48. The number of carboxylic acids is 1. The second-order valence-electron chi connectivity index (χ2n) is 8.29. The standard InChI is InChI=1S/C23H25ClN4O7S/c1-14-7-4-10-18(24)21(14)36(34,35)26(3)11-6-12-27-20(16-8-5-9-17(13-16)28(32)33)19(22(29)30)15(2)25-23(27)31/h4-5,7-10,13,20H,6,11-12H2,1-3H3,(H,25,31)(H,29,30). The van der Waals surface area contributed by atoms with E-state index in [4.69, 9.17) is 11.6 Å². The maximum absolute atomic E-state index is 13.1. The molecule has 36 heavy (non-hydrogen) atoms. The third-order valence-corrected chi connectivity index (χ3v) is 8.36. The van der Waals surface area contributed by atoms with E-state index in [0.29, 0.717) is 5.56 Å². The maximum atomic E-state index is 13.1. The highest BCUT2D eigenvalue weighted by Crippen LogP contribution is 2.35. The quantitative estimate of drug-likeness (QED) is 0.366. The highest BCUT2D eigenvalue weighted by Gasteiger charge is 2.38. The van der Waals surface area contributed by atoms with Crippen LogP contribution in [0.2, 0.25) is 5.02 Å². The number of hydrogen-bond acceptors (Lipinski definition) is 6. The predicted octanol–water partition coefficient (Wildman–Crippen LogP) is 3.69. The summed E-state index contributed by atoms with van der Waals surface area (Å²) < 4.78 is 27.3. The van der Waals surface area contributed by atoms with Crippen molar-refractivity contribution >= 4 is 39.3 Å². The number of nitrogens with zero attached hydrogens (tertiary/aromatic N) is 3. The van der Waals surface area contributed by atoms with Gasteiger partial charge in [0.2, 0.25) is 10.0 Å². The van der Waals surface area contributed by atoms with Gasteiger partial charge in [0.1, 0.15) is 4.90 Å². The average Bonchev–Trinajstić information content (AvgIpc) is 2.79. The van der Waals surface area contributed by atoms with Crippen molar-refractivity contribution in [2.24, 2.45) is 0 Å². The van der Waals surface area contributed by atoms with E-state index in [1.165, 1.54) is 49.2 Å². The number of amides is 2. The SMILES string of the molecule is CC1=C(C(=O)O)C(c2cccc([N+](=O)[O-])c2)N(CCCN(C)S(=O)(=O)c2c(C)cccc2Cl)C(=O)N1. The average molecular weight is 537 g/mol. The van der Waals surface area contributed by atoms with Gasteiger partial charge in [-0.25, -0.2) is 22.3 Å². The second-order valence-corrected chi connectivity index (χ2v) is 10.7. The van der Waals surface area contributed by atoms with Crippen molar-refractivity contribution in [3.8, 4) is 0 Å². The van der Waals surface area contributed by atoms with Crippen LogP contribution in [0.3, 0.4) is 0 Å². The maximum Gasteiger partial charge on any atom is 0.335 e. The molecule has 1 aliphatic heterocycles. The first kappa shape index (κ1) is 27.1. The van der Waals surface area contributed by atoms with Crippen molar-refractivity contribution in [1.29, 1.82) is 0 Å². The van der Waals surface area contributed by atoms with Gasteiger partial charge < -0.3 is 15.3 Å². The van der Waals surface area contributed by atoms with E-state index >= 15 is 0 Å². The molecule has 2 amide bonds. The summed E-state index contributed by atoms with van der Waals surface area (Å²) in [5.74, 6) is -1.29. The molecule has 0 fully saturated rings. The number of aliphatic carboxylic acids is 1. The van der Waals surface area contributed by atoms with Crippen LogP contribution >= 0.6 is 11.6 Å². The number of nitro groups is 1. The number of sulfonamides is 1. The fourth-order valence-electron chi connectivity index (χ4n) is 4.12. The molecule has 0 radical (unpaired) electrons. The Bertz CT molecular complexity index is 1340. The zero-order valence-corrected chi connectivity index (χ0v) is 21.3.